The van der Waals surface area contributed by atoms with Crippen molar-refractivity contribution in [2.24, 2.45) is 7.05 Å². The first kappa shape index (κ1) is 17.9. The van der Waals surface area contributed by atoms with Crippen LogP contribution in [0, 0.1) is 20.8 Å². The molecule has 0 bridgehead atoms. The van der Waals surface area contributed by atoms with Crippen molar-refractivity contribution in [2.75, 3.05) is 11.9 Å². The molecule has 0 aliphatic carbocycles. The first-order chi connectivity index (χ1) is 11.3. The summed E-state index contributed by atoms with van der Waals surface area (Å²) in [5.41, 5.74) is 2.12. The third-order valence-electron chi connectivity index (χ3n) is 3.56. The monoisotopic (exact) mass is 349 g/mol. The summed E-state index contributed by atoms with van der Waals surface area (Å²) in [5.74, 6) is -1.85. The molecule has 2 aromatic rings. The number of rotatable bonds is 5. The fourth-order valence-corrected chi connectivity index (χ4v) is 3.29. The predicted molar refractivity (Wildman–Crippen MR) is 90.7 cm³/mol. The van der Waals surface area contributed by atoms with Gasteiger partial charge in [0.1, 0.15) is 4.88 Å². The van der Waals surface area contributed by atoms with Gasteiger partial charge in [-0.3, -0.25) is 14.3 Å². The summed E-state index contributed by atoms with van der Waals surface area (Å²) < 4.78 is 6.52. The molecule has 128 valence electrons. The average molecular weight is 349 g/mol. The minimum Gasteiger partial charge on any atom is -0.462 e. The van der Waals surface area contributed by atoms with Crippen molar-refractivity contribution in [1.29, 1.82) is 0 Å². The highest BCUT2D eigenvalue weighted by atomic mass is 32.1. The first-order valence-corrected chi connectivity index (χ1v) is 8.21. The summed E-state index contributed by atoms with van der Waals surface area (Å²) in [6.07, 6.45) is 0. The van der Waals surface area contributed by atoms with Crippen molar-refractivity contribution in [3.8, 4) is 0 Å². The molecular formula is C16H19N3O4S. The van der Waals surface area contributed by atoms with Crippen LogP contribution in [0.1, 0.15) is 43.9 Å². The van der Waals surface area contributed by atoms with Gasteiger partial charge in [-0.25, -0.2) is 4.79 Å². The van der Waals surface area contributed by atoms with Crippen LogP contribution in [0.3, 0.4) is 0 Å². The highest BCUT2D eigenvalue weighted by Gasteiger charge is 2.25. The van der Waals surface area contributed by atoms with E-state index in [1.165, 1.54) is 0 Å². The Labute approximate surface area is 143 Å². The highest BCUT2D eigenvalue weighted by Crippen LogP contribution is 2.27. The van der Waals surface area contributed by atoms with Crippen LogP contribution in [0.4, 0.5) is 5.00 Å². The number of thiophene rings is 1. The van der Waals surface area contributed by atoms with Crippen molar-refractivity contribution < 1.29 is 19.1 Å². The Kier molecular flexibility index (Phi) is 5.18. The normalized spacial score (nSPS) is 10.5. The van der Waals surface area contributed by atoms with Crippen molar-refractivity contribution in [3.05, 3.63) is 33.5 Å². The molecule has 7 nitrogen and oxygen atoms in total. The molecule has 0 radical (unpaired) electrons. The average Bonchev–Trinajstić information content (AvgIpc) is 2.98. The number of anilines is 1. The predicted octanol–water partition coefficient (Wildman–Crippen LogP) is 2.40. The van der Waals surface area contributed by atoms with Gasteiger partial charge in [-0.2, -0.15) is 5.10 Å². The van der Waals surface area contributed by atoms with Crippen LogP contribution >= 0.6 is 11.3 Å². The van der Waals surface area contributed by atoms with Gasteiger partial charge < -0.3 is 10.1 Å². The zero-order valence-electron chi connectivity index (χ0n) is 14.2. The van der Waals surface area contributed by atoms with Crippen molar-refractivity contribution in [2.45, 2.75) is 27.7 Å². The van der Waals surface area contributed by atoms with E-state index in [9.17, 15) is 14.4 Å². The number of hydrogen-bond donors (Lipinski definition) is 1. The van der Waals surface area contributed by atoms with Gasteiger partial charge in [0.05, 0.1) is 22.9 Å². The third kappa shape index (κ3) is 3.38. The number of ether oxygens (including phenoxy) is 1. The van der Waals surface area contributed by atoms with Crippen LogP contribution in [0.5, 0.6) is 0 Å². The molecule has 0 atom stereocenters. The lowest BCUT2D eigenvalue weighted by Gasteiger charge is -2.02. The number of carbonyl (C=O) groups excluding carboxylic acids is 3. The molecule has 0 fully saturated rings. The lowest BCUT2D eigenvalue weighted by atomic mass is 10.1. The summed E-state index contributed by atoms with van der Waals surface area (Å²) >= 11 is 1.08. The number of hydrogen-bond acceptors (Lipinski definition) is 6. The van der Waals surface area contributed by atoms with E-state index < -0.39 is 17.7 Å². The third-order valence-corrected chi connectivity index (χ3v) is 4.69. The number of aryl methyl sites for hydroxylation is 3. The Hall–Kier alpha value is -2.48. The number of nitrogens with one attached hydrogen (secondary N) is 1. The SMILES string of the molecule is CCOC(=O)c1sc(NC(=O)C(=O)c2c(C)nn(C)c2C)cc1C. The van der Waals surface area contributed by atoms with E-state index in [4.69, 9.17) is 4.74 Å². The van der Waals surface area contributed by atoms with Gasteiger partial charge in [0.25, 0.3) is 11.7 Å². The van der Waals surface area contributed by atoms with Crippen LogP contribution < -0.4 is 5.32 Å². The smallest absolute Gasteiger partial charge is 0.348 e. The number of amides is 1. The zero-order chi connectivity index (χ0) is 18.0. The summed E-state index contributed by atoms with van der Waals surface area (Å²) in [5, 5.41) is 7.11. The number of aromatic nitrogens is 2. The molecule has 2 rings (SSSR count). The molecule has 0 saturated carbocycles. The lowest BCUT2D eigenvalue weighted by molar-refractivity contribution is -0.112. The minimum atomic E-state index is -0.758. The van der Waals surface area contributed by atoms with Gasteiger partial charge >= 0.3 is 5.97 Å². The van der Waals surface area contributed by atoms with Gasteiger partial charge in [0.2, 0.25) is 0 Å². The van der Waals surface area contributed by atoms with Gasteiger partial charge in [-0.1, -0.05) is 0 Å². The van der Waals surface area contributed by atoms with E-state index in [1.807, 2.05) is 0 Å². The molecule has 0 aliphatic heterocycles. The lowest BCUT2D eigenvalue weighted by Crippen LogP contribution is -2.23. The molecule has 0 saturated heterocycles. The number of esters is 1. The van der Waals surface area contributed by atoms with Crippen LogP contribution in [-0.2, 0) is 16.6 Å². The van der Waals surface area contributed by atoms with Crippen LogP contribution in [0.25, 0.3) is 0 Å². The zero-order valence-corrected chi connectivity index (χ0v) is 15.0. The molecule has 0 unspecified atom stereocenters. The second kappa shape index (κ2) is 6.96. The number of Topliss-reactive ketones (excluding diaryl/α,β-unsaturated/α-hetero) is 1. The maximum Gasteiger partial charge on any atom is 0.348 e. The first-order valence-electron chi connectivity index (χ1n) is 7.39. The van der Waals surface area contributed by atoms with E-state index >= 15 is 0 Å². The Morgan fingerprint density at radius 3 is 2.50 bits per heavy atom. The molecule has 2 heterocycles. The molecule has 0 spiro atoms. The molecule has 2 aromatic heterocycles. The maximum atomic E-state index is 12.4. The van der Waals surface area contributed by atoms with Gasteiger partial charge in [0, 0.05) is 12.7 Å². The summed E-state index contributed by atoms with van der Waals surface area (Å²) in [6, 6.07) is 1.64. The second-order valence-corrected chi connectivity index (χ2v) is 6.35. The van der Waals surface area contributed by atoms with E-state index in [1.54, 1.807) is 45.5 Å². The van der Waals surface area contributed by atoms with Crippen LogP contribution in [0.15, 0.2) is 6.07 Å². The largest absolute Gasteiger partial charge is 0.462 e. The number of carbonyl (C=O) groups is 3. The fraction of sp³-hybridized carbons (Fsp3) is 0.375. The van der Waals surface area contributed by atoms with Crippen LogP contribution in [-0.4, -0.2) is 34.0 Å². The quantitative estimate of drug-likeness (QED) is 0.508. The number of ketones is 1. The van der Waals surface area contributed by atoms with Gasteiger partial charge in [-0.05, 0) is 39.3 Å². The Morgan fingerprint density at radius 1 is 1.29 bits per heavy atom. The second-order valence-electron chi connectivity index (χ2n) is 5.30. The molecule has 0 aromatic carbocycles. The van der Waals surface area contributed by atoms with E-state index in [0.717, 1.165) is 11.3 Å². The van der Waals surface area contributed by atoms with E-state index in [2.05, 4.69) is 10.4 Å². The standard InChI is InChI=1S/C16H19N3O4S/c1-6-23-16(22)14-8(2)7-11(24-14)17-15(21)13(20)12-9(3)18-19(5)10(12)4/h7H,6H2,1-5H3,(H,17,21). The summed E-state index contributed by atoms with van der Waals surface area (Å²) in [4.78, 5) is 36.8. The molecule has 24 heavy (non-hydrogen) atoms. The molecule has 1 amide bonds. The highest BCUT2D eigenvalue weighted by molar-refractivity contribution is 7.18. The summed E-state index contributed by atoms with van der Waals surface area (Å²) in [6.45, 7) is 7.16. The van der Waals surface area contributed by atoms with Gasteiger partial charge in [-0.15, -0.1) is 11.3 Å². The molecule has 8 heteroatoms. The number of nitrogens with zero attached hydrogens (tertiary/aromatic N) is 2. The summed E-state index contributed by atoms with van der Waals surface area (Å²) in [7, 11) is 1.71. The van der Waals surface area contributed by atoms with E-state index in [-0.39, 0.29) is 6.61 Å². The van der Waals surface area contributed by atoms with Crippen LogP contribution in [0.2, 0.25) is 0 Å². The van der Waals surface area contributed by atoms with Crippen molar-refractivity contribution >= 4 is 34.0 Å². The Bertz CT molecular complexity index is 820. The molecular weight excluding hydrogens is 330 g/mol. The van der Waals surface area contributed by atoms with Gasteiger partial charge in [0.15, 0.2) is 0 Å². The van der Waals surface area contributed by atoms with Crippen molar-refractivity contribution in [1.82, 2.24) is 9.78 Å². The molecule has 0 aliphatic rings. The Morgan fingerprint density at radius 2 is 1.96 bits per heavy atom. The topological polar surface area (TPSA) is 90.3 Å². The van der Waals surface area contributed by atoms with Crippen molar-refractivity contribution in [3.63, 3.8) is 0 Å². The fourth-order valence-electron chi connectivity index (χ4n) is 2.33. The Balaban J connectivity index is 2.19. The van der Waals surface area contributed by atoms with E-state index in [0.29, 0.717) is 32.4 Å². The molecule has 1 N–H and O–H groups in total. The maximum absolute atomic E-state index is 12.4. The minimum absolute atomic E-state index is 0.274.